The van der Waals surface area contributed by atoms with Crippen LogP contribution in [0.2, 0.25) is 0 Å². The molecule has 3 aliphatic heterocycles. The fourth-order valence-corrected chi connectivity index (χ4v) is 8.02. The Kier molecular flexibility index (Phi) is 13.9. The summed E-state index contributed by atoms with van der Waals surface area (Å²) in [5.74, 6) is 0.889. The minimum atomic E-state index is -0.875. The smallest absolute Gasteiger partial charge is 0.408 e. The van der Waals surface area contributed by atoms with Crippen LogP contribution < -0.4 is 20.9 Å². The van der Waals surface area contributed by atoms with Crippen molar-refractivity contribution in [1.82, 2.24) is 25.4 Å². The summed E-state index contributed by atoms with van der Waals surface area (Å²) in [7, 11) is 1.60. The van der Waals surface area contributed by atoms with Gasteiger partial charge in [0.25, 0.3) is 5.91 Å². The van der Waals surface area contributed by atoms with E-state index in [1.807, 2.05) is 66.7 Å². The number of amides is 2. The van der Waals surface area contributed by atoms with Crippen LogP contribution in [0.1, 0.15) is 64.0 Å². The average molecular weight is 804 g/mol. The van der Waals surface area contributed by atoms with E-state index < -0.39 is 18.2 Å². The molecule has 2 bridgehead atoms. The fraction of sp³-hybridized carbons (Fsp3) is 0.370. The molecule has 3 saturated heterocycles. The number of phenols is 1. The number of pyridine rings is 1. The zero-order valence-electron chi connectivity index (χ0n) is 33.3. The molecule has 0 saturated carbocycles. The molecule has 3 aliphatic rings. The van der Waals surface area contributed by atoms with E-state index in [-0.39, 0.29) is 42.0 Å². The number of benzene rings is 4. The van der Waals surface area contributed by atoms with E-state index >= 15 is 0 Å². The number of phenolic OH excluding ortho intramolecular Hbond substituents is 1. The number of hydrogen-bond donors (Lipinski definition) is 5. The summed E-state index contributed by atoms with van der Waals surface area (Å²) in [4.78, 5) is 45.4. The molecule has 13 heteroatoms. The molecule has 310 valence electrons. The summed E-state index contributed by atoms with van der Waals surface area (Å²) in [6.07, 6.45) is 1.37. The fourth-order valence-electron chi connectivity index (χ4n) is 8.02. The van der Waals surface area contributed by atoms with E-state index in [4.69, 9.17) is 14.2 Å². The second-order valence-electron chi connectivity index (χ2n) is 15.3. The monoisotopic (exact) mass is 803 g/mol. The maximum absolute atomic E-state index is 13.6. The summed E-state index contributed by atoms with van der Waals surface area (Å²) >= 11 is 0. The number of aromatic nitrogens is 1. The zero-order chi connectivity index (χ0) is 41.1. The van der Waals surface area contributed by atoms with Crippen molar-refractivity contribution in [2.24, 2.45) is 5.92 Å². The third-order valence-electron chi connectivity index (χ3n) is 11.3. The van der Waals surface area contributed by atoms with Gasteiger partial charge < -0.3 is 44.9 Å². The SMILES string of the molecule is COCCN(CCCNCC(O)c1ccc(O)c2[nH]c(=O)ccc12)C(=O)c1ccc(COc2cccc(C(NC(=O)OC3CN4CCC3CC4)c3ccccc3)c2)cc1. The minimum Gasteiger partial charge on any atom is -0.506 e. The van der Waals surface area contributed by atoms with Gasteiger partial charge in [-0.2, -0.15) is 0 Å². The number of fused-ring (bicyclic) bond motifs is 4. The molecule has 1 aromatic heterocycles. The van der Waals surface area contributed by atoms with Gasteiger partial charge in [-0.3, -0.25) is 14.5 Å². The highest BCUT2D eigenvalue weighted by Gasteiger charge is 2.37. The summed E-state index contributed by atoms with van der Waals surface area (Å²) in [6.45, 7) is 5.31. The van der Waals surface area contributed by atoms with E-state index in [2.05, 4.69) is 20.5 Å². The van der Waals surface area contributed by atoms with E-state index in [0.717, 1.165) is 49.2 Å². The summed E-state index contributed by atoms with van der Waals surface area (Å²) in [5.41, 5.74) is 3.78. The minimum absolute atomic E-state index is 0.0613. The van der Waals surface area contributed by atoms with Crippen LogP contribution in [-0.4, -0.2) is 103 Å². The topological polar surface area (TPSA) is 166 Å². The van der Waals surface area contributed by atoms with Gasteiger partial charge in [-0.1, -0.05) is 60.7 Å². The number of aromatic hydroxyl groups is 1. The first-order chi connectivity index (χ1) is 28.7. The Hall–Kier alpha value is -5.73. The summed E-state index contributed by atoms with van der Waals surface area (Å²) in [5, 5.41) is 28.0. The van der Waals surface area contributed by atoms with Crippen LogP contribution in [0.15, 0.2) is 108 Å². The second kappa shape index (κ2) is 19.8. The Morgan fingerprint density at radius 3 is 2.46 bits per heavy atom. The van der Waals surface area contributed by atoms with E-state index in [0.29, 0.717) is 60.8 Å². The molecular formula is C46H53N5O8. The molecule has 3 atom stereocenters. The summed E-state index contributed by atoms with van der Waals surface area (Å²) < 4.78 is 17.5. The molecule has 3 unspecified atom stereocenters. The van der Waals surface area contributed by atoms with Crippen LogP contribution in [-0.2, 0) is 16.1 Å². The number of methoxy groups -OCH3 is 1. The lowest BCUT2D eigenvalue weighted by atomic mass is 9.86. The van der Waals surface area contributed by atoms with Crippen LogP contribution in [0, 0.1) is 5.92 Å². The maximum atomic E-state index is 13.6. The molecule has 8 rings (SSSR count). The van der Waals surface area contributed by atoms with Gasteiger partial charge >= 0.3 is 6.09 Å². The van der Waals surface area contributed by atoms with Crippen LogP contribution in [0.4, 0.5) is 4.79 Å². The number of hydrogen-bond acceptors (Lipinski definition) is 10. The first-order valence-corrected chi connectivity index (χ1v) is 20.3. The van der Waals surface area contributed by atoms with Gasteiger partial charge in [-0.25, -0.2) is 4.79 Å². The highest BCUT2D eigenvalue weighted by atomic mass is 16.6. The van der Waals surface area contributed by atoms with Gasteiger partial charge in [0.2, 0.25) is 5.56 Å². The number of nitrogens with one attached hydrogen (secondary N) is 3. The van der Waals surface area contributed by atoms with Crippen molar-refractivity contribution in [1.29, 1.82) is 0 Å². The highest BCUT2D eigenvalue weighted by Crippen LogP contribution is 2.31. The highest BCUT2D eigenvalue weighted by molar-refractivity contribution is 5.94. The first kappa shape index (κ1) is 41.4. The van der Waals surface area contributed by atoms with Crippen molar-refractivity contribution < 1.29 is 34.0 Å². The second-order valence-corrected chi connectivity index (χ2v) is 15.3. The molecule has 59 heavy (non-hydrogen) atoms. The van der Waals surface area contributed by atoms with Crippen molar-refractivity contribution in [3.8, 4) is 11.5 Å². The van der Waals surface area contributed by atoms with E-state index in [9.17, 15) is 24.6 Å². The van der Waals surface area contributed by atoms with E-state index in [1.54, 1.807) is 36.3 Å². The molecule has 0 spiro atoms. The van der Waals surface area contributed by atoms with Gasteiger partial charge in [0.1, 0.15) is 24.2 Å². The Morgan fingerprint density at radius 1 is 0.932 bits per heavy atom. The molecule has 13 nitrogen and oxygen atoms in total. The molecular weight excluding hydrogens is 751 g/mol. The van der Waals surface area contributed by atoms with E-state index in [1.165, 1.54) is 12.1 Å². The molecule has 0 aliphatic carbocycles. The lowest BCUT2D eigenvalue weighted by molar-refractivity contribution is -0.0336. The number of alkyl carbamates (subject to hydrolysis) is 1. The number of ether oxygens (including phenoxy) is 3. The van der Waals surface area contributed by atoms with Crippen molar-refractivity contribution in [3.63, 3.8) is 0 Å². The summed E-state index contributed by atoms with van der Waals surface area (Å²) in [6, 6.07) is 30.5. The Balaban J connectivity index is 0.914. The first-order valence-electron chi connectivity index (χ1n) is 20.3. The zero-order valence-corrected chi connectivity index (χ0v) is 33.3. The van der Waals surface area contributed by atoms with Gasteiger partial charge in [-0.15, -0.1) is 0 Å². The lowest BCUT2D eigenvalue weighted by Gasteiger charge is -2.43. The third-order valence-corrected chi connectivity index (χ3v) is 11.3. The van der Waals surface area contributed by atoms with Crippen LogP contribution in [0.5, 0.6) is 11.5 Å². The van der Waals surface area contributed by atoms with Gasteiger partial charge in [0.15, 0.2) is 0 Å². The third kappa shape index (κ3) is 10.7. The van der Waals surface area contributed by atoms with Crippen LogP contribution in [0.25, 0.3) is 10.9 Å². The van der Waals surface area contributed by atoms with Crippen molar-refractivity contribution in [3.05, 3.63) is 141 Å². The van der Waals surface area contributed by atoms with Crippen LogP contribution >= 0.6 is 0 Å². The molecule has 2 amide bonds. The van der Waals surface area contributed by atoms with Crippen LogP contribution in [0.3, 0.4) is 0 Å². The number of nitrogens with zero attached hydrogens (tertiary/aromatic N) is 2. The Labute approximate surface area is 343 Å². The number of carbonyl (C=O) groups is 2. The Morgan fingerprint density at radius 2 is 1.71 bits per heavy atom. The largest absolute Gasteiger partial charge is 0.506 e. The number of rotatable bonds is 18. The van der Waals surface area contributed by atoms with Gasteiger partial charge in [-0.05, 0) is 103 Å². The number of aliphatic hydroxyl groups is 1. The predicted octanol–water partition coefficient (Wildman–Crippen LogP) is 5.52. The number of carbonyl (C=O) groups excluding carboxylic acids is 2. The number of aliphatic hydroxyl groups excluding tert-OH is 1. The molecule has 5 aromatic rings. The lowest BCUT2D eigenvalue weighted by Crippen LogP contribution is -2.52. The normalized spacial score (nSPS) is 18.2. The molecule has 5 N–H and O–H groups in total. The quantitative estimate of drug-likeness (QED) is 0.0713. The Bertz CT molecular complexity index is 2230. The predicted molar refractivity (Wildman–Crippen MR) is 225 cm³/mol. The number of piperidine rings is 3. The molecule has 3 fully saturated rings. The average Bonchev–Trinajstić information content (AvgIpc) is 3.26. The standard InChI is InChI=1S/C46H53N5O8/c1-57-26-25-51(22-6-21-47-28-40(53)37-15-17-39(52)44-38(37)16-18-42(54)48-44)45(55)34-13-11-31(12-14-34)30-58-36-10-5-9-35(27-36)43(33-7-3-2-4-8-33)49-46(56)59-41-29-50-23-19-32(41)20-24-50/h2-5,7-18,27,32,40-41,43,47,52-53H,6,19-26,28-30H2,1H3,(H,48,54)(H,49,56). The van der Waals surface area contributed by atoms with Gasteiger partial charge in [0, 0.05) is 50.3 Å². The molecule has 4 aromatic carbocycles. The van der Waals surface area contributed by atoms with Gasteiger partial charge in [0.05, 0.1) is 24.3 Å². The van der Waals surface area contributed by atoms with Crippen molar-refractivity contribution >= 4 is 22.9 Å². The number of H-pyrrole nitrogens is 1. The van der Waals surface area contributed by atoms with Crippen molar-refractivity contribution in [2.75, 3.05) is 59.5 Å². The maximum Gasteiger partial charge on any atom is 0.408 e. The molecule has 4 heterocycles. The molecule has 0 radical (unpaired) electrons. The number of aromatic amines is 1. The van der Waals surface area contributed by atoms with Crippen molar-refractivity contribution in [2.45, 2.75) is 44.1 Å².